The SMILES string of the molecule is CC1CCC2=C(C1)C1CCC=CC1N2c1cc(-c2cccc(C3C=CC(C#N)=CC3)c2)cc(N2C3=C(CC(C#N)CC3)C3C=CC=CC32C)c1. The molecular weight excluding hydrogens is 609 g/mol. The number of benzene rings is 2. The van der Waals surface area contributed by atoms with E-state index in [4.69, 9.17) is 0 Å². The van der Waals surface area contributed by atoms with Crippen molar-refractivity contribution in [3.05, 3.63) is 131 Å². The molecule has 2 aliphatic heterocycles. The molecule has 250 valence electrons. The highest BCUT2D eigenvalue weighted by molar-refractivity contribution is 5.80. The number of hydrogen-bond donors (Lipinski definition) is 0. The van der Waals surface area contributed by atoms with Crippen LogP contribution in [0.4, 0.5) is 11.4 Å². The van der Waals surface area contributed by atoms with Gasteiger partial charge in [-0.15, -0.1) is 0 Å². The molecule has 0 fully saturated rings. The van der Waals surface area contributed by atoms with Crippen LogP contribution in [-0.2, 0) is 0 Å². The topological polar surface area (TPSA) is 54.1 Å². The van der Waals surface area contributed by atoms with E-state index in [1.54, 1.807) is 11.3 Å². The Balaban J connectivity index is 1.21. The highest BCUT2D eigenvalue weighted by Gasteiger charge is 2.50. The Morgan fingerprint density at radius 2 is 1.74 bits per heavy atom. The molecule has 0 saturated carbocycles. The quantitative estimate of drug-likeness (QED) is 0.308. The Labute approximate surface area is 297 Å². The van der Waals surface area contributed by atoms with Gasteiger partial charge in [-0.2, -0.15) is 10.5 Å². The average Bonchev–Trinajstić information content (AvgIpc) is 3.63. The number of hydrogen-bond acceptors (Lipinski definition) is 4. The molecule has 0 saturated heterocycles. The van der Waals surface area contributed by atoms with Crippen molar-refractivity contribution in [1.29, 1.82) is 10.5 Å². The molecule has 2 heterocycles. The van der Waals surface area contributed by atoms with Crippen LogP contribution in [0.15, 0.2) is 125 Å². The van der Waals surface area contributed by atoms with Gasteiger partial charge >= 0.3 is 0 Å². The summed E-state index contributed by atoms with van der Waals surface area (Å²) in [6.45, 7) is 4.84. The van der Waals surface area contributed by atoms with Gasteiger partial charge in [0.2, 0.25) is 0 Å². The van der Waals surface area contributed by atoms with Gasteiger partial charge in [-0.3, -0.25) is 0 Å². The maximum atomic E-state index is 9.97. The first-order chi connectivity index (χ1) is 24.4. The van der Waals surface area contributed by atoms with Gasteiger partial charge in [-0.05, 0) is 123 Å². The number of nitriles is 2. The van der Waals surface area contributed by atoms with Crippen LogP contribution >= 0.6 is 0 Å². The highest BCUT2D eigenvalue weighted by atomic mass is 15.3. The van der Waals surface area contributed by atoms with Crippen molar-refractivity contribution >= 4 is 11.4 Å². The summed E-state index contributed by atoms with van der Waals surface area (Å²) in [5.74, 6) is 1.98. The fourth-order valence-electron chi connectivity index (χ4n) is 10.4. The van der Waals surface area contributed by atoms with Crippen LogP contribution in [0, 0.1) is 46.3 Å². The smallest absolute Gasteiger partial charge is 0.0988 e. The van der Waals surface area contributed by atoms with Gasteiger partial charge in [0, 0.05) is 46.1 Å². The minimum atomic E-state index is -0.220. The lowest BCUT2D eigenvalue weighted by Gasteiger charge is -2.42. The predicted molar refractivity (Wildman–Crippen MR) is 203 cm³/mol. The van der Waals surface area contributed by atoms with Crippen LogP contribution in [0.25, 0.3) is 11.1 Å². The first kappa shape index (κ1) is 31.2. The number of nitrogens with zero attached hydrogens (tertiary/aromatic N) is 4. The minimum Gasteiger partial charge on any atom is -0.338 e. The zero-order chi connectivity index (χ0) is 34.0. The second-order valence-electron chi connectivity index (χ2n) is 16.0. The number of anilines is 2. The maximum absolute atomic E-state index is 9.97. The van der Waals surface area contributed by atoms with E-state index in [0.29, 0.717) is 12.0 Å². The lowest BCUT2D eigenvalue weighted by atomic mass is 9.76. The van der Waals surface area contributed by atoms with E-state index in [1.807, 2.05) is 6.08 Å². The van der Waals surface area contributed by atoms with Gasteiger partial charge in [0.15, 0.2) is 0 Å². The van der Waals surface area contributed by atoms with Crippen molar-refractivity contribution in [2.24, 2.45) is 23.7 Å². The molecule has 50 heavy (non-hydrogen) atoms. The summed E-state index contributed by atoms with van der Waals surface area (Å²) in [6, 6.07) is 21.8. The fourth-order valence-corrected chi connectivity index (χ4v) is 10.4. The summed E-state index contributed by atoms with van der Waals surface area (Å²) in [6.07, 6.45) is 30.0. The van der Waals surface area contributed by atoms with Crippen molar-refractivity contribution in [3.63, 3.8) is 0 Å². The fraction of sp³-hybridized carbons (Fsp3) is 0.391. The zero-order valence-electron chi connectivity index (χ0n) is 29.4. The maximum Gasteiger partial charge on any atom is 0.0988 e. The molecular formula is C46H46N4. The normalized spacial score (nSPS) is 32.3. The van der Waals surface area contributed by atoms with Crippen molar-refractivity contribution in [2.45, 2.75) is 89.1 Å². The molecule has 4 nitrogen and oxygen atoms in total. The highest BCUT2D eigenvalue weighted by Crippen LogP contribution is 2.55. The van der Waals surface area contributed by atoms with E-state index in [0.717, 1.165) is 43.6 Å². The molecule has 4 heteroatoms. The van der Waals surface area contributed by atoms with Crippen LogP contribution in [0.3, 0.4) is 0 Å². The van der Waals surface area contributed by atoms with E-state index in [9.17, 15) is 10.5 Å². The molecule has 2 aromatic carbocycles. The Kier molecular flexibility index (Phi) is 7.62. The van der Waals surface area contributed by atoms with Gasteiger partial charge in [-0.1, -0.05) is 79.8 Å². The lowest BCUT2D eigenvalue weighted by Crippen LogP contribution is -2.45. The van der Waals surface area contributed by atoms with Gasteiger partial charge in [-0.25, -0.2) is 0 Å². The standard InChI is InChI=1S/C46H46N4/c1-30-13-19-44-40(22-30)39-10-3-4-12-43(39)49(44)37-25-36(35-9-7-8-34(24-35)33-17-14-31(28-47)15-18-33)26-38(27-37)50-45-20-16-32(29-48)23-41(45)42-11-5-6-21-46(42,50)2/h4-9,11-12,14-15,17,21,24-27,30,32-33,39,42-43H,3,10,13,16,18-20,22-23H2,1-2H3. The summed E-state index contributed by atoms with van der Waals surface area (Å²) < 4.78 is 0. The Bertz CT molecular complexity index is 2050. The van der Waals surface area contributed by atoms with Crippen molar-refractivity contribution in [3.8, 4) is 23.3 Å². The molecule has 9 rings (SSSR count). The summed E-state index contributed by atoms with van der Waals surface area (Å²) in [4.78, 5) is 5.41. The Morgan fingerprint density at radius 3 is 2.58 bits per heavy atom. The zero-order valence-corrected chi connectivity index (χ0v) is 29.4. The Morgan fingerprint density at radius 1 is 0.860 bits per heavy atom. The lowest BCUT2D eigenvalue weighted by molar-refractivity contribution is 0.449. The van der Waals surface area contributed by atoms with E-state index < -0.39 is 0 Å². The Hall–Kier alpha value is -4.80. The largest absolute Gasteiger partial charge is 0.338 e. The second kappa shape index (κ2) is 12.2. The molecule has 5 aliphatic carbocycles. The first-order valence-electron chi connectivity index (χ1n) is 18.9. The molecule has 0 bridgehead atoms. The van der Waals surface area contributed by atoms with E-state index in [-0.39, 0.29) is 23.3 Å². The third kappa shape index (κ3) is 4.99. The molecule has 0 radical (unpaired) electrons. The summed E-state index contributed by atoms with van der Waals surface area (Å²) in [5, 5.41) is 19.4. The van der Waals surface area contributed by atoms with Crippen molar-refractivity contribution < 1.29 is 0 Å². The molecule has 0 N–H and O–H groups in total. The summed E-state index contributed by atoms with van der Waals surface area (Å²) in [5.41, 5.74) is 13.0. The van der Waals surface area contributed by atoms with Crippen molar-refractivity contribution in [1.82, 2.24) is 0 Å². The van der Waals surface area contributed by atoms with E-state index >= 15 is 0 Å². The summed E-state index contributed by atoms with van der Waals surface area (Å²) >= 11 is 0. The van der Waals surface area contributed by atoms with E-state index in [2.05, 4.69) is 127 Å². The van der Waals surface area contributed by atoms with Gasteiger partial charge < -0.3 is 9.80 Å². The number of fused-ring (bicyclic) bond motifs is 4. The minimum absolute atomic E-state index is 0.0912. The van der Waals surface area contributed by atoms with Crippen LogP contribution in [-0.4, -0.2) is 11.6 Å². The molecule has 0 aromatic heterocycles. The van der Waals surface area contributed by atoms with Gasteiger partial charge in [0.1, 0.15) is 0 Å². The molecule has 0 spiro atoms. The molecule has 7 unspecified atom stereocenters. The van der Waals surface area contributed by atoms with Crippen LogP contribution in [0.5, 0.6) is 0 Å². The van der Waals surface area contributed by atoms with Crippen molar-refractivity contribution in [2.75, 3.05) is 9.80 Å². The van der Waals surface area contributed by atoms with Gasteiger partial charge in [0.05, 0.1) is 29.6 Å². The van der Waals surface area contributed by atoms with E-state index in [1.165, 1.54) is 65.0 Å². The third-order valence-corrected chi connectivity index (χ3v) is 12.9. The third-order valence-electron chi connectivity index (χ3n) is 12.9. The molecule has 7 atom stereocenters. The van der Waals surface area contributed by atoms with Crippen LogP contribution < -0.4 is 9.80 Å². The van der Waals surface area contributed by atoms with Gasteiger partial charge in [0.25, 0.3) is 0 Å². The number of allylic oxidation sites excluding steroid dienone is 9. The average molecular weight is 655 g/mol. The molecule has 0 amide bonds. The number of rotatable bonds is 4. The van der Waals surface area contributed by atoms with Crippen LogP contribution in [0.1, 0.15) is 83.1 Å². The molecule has 7 aliphatic rings. The van der Waals surface area contributed by atoms with Crippen LogP contribution in [0.2, 0.25) is 0 Å². The first-order valence-corrected chi connectivity index (χ1v) is 18.9. The summed E-state index contributed by atoms with van der Waals surface area (Å²) in [7, 11) is 0. The second-order valence-corrected chi connectivity index (χ2v) is 16.0. The monoisotopic (exact) mass is 654 g/mol. The molecule has 2 aromatic rings. The predicted octanol–water partition coefficient (Wildman–Crippen LogP) is 11.0.